The van der Waals surface area contributed by atoms with Crippen molar-refractivity contribution in [3.05, 3.63) is 57.4 Å². The molecule has 0 aliphatic carbocycles. The molecule has 2 rings (SSSR count). The molecular formula is C12H8ClN3O4. The topological polar surface area (TPSA) is 105 Å². The number of phenolic OH excluding ortho intramolecular Hbond substituents is 1. The fourth-order valence-corrected chi connectivity index (χ4v) is 1.67. The van der Waals surface area contributed by atoms with E-state index in [2.05, 4.69) is 10.3 Å². The first-order chi connectivity index (χ1) is 9.49. The highest BCUT2D eigenvalue weighted by Gasteiger charge is 2.20. The maximum Gasteiger partial charge on any atom is 0.296 e. The van der Waals surface area contributed by atoms with Gasteiger partial charge in [0.25, 0.3) is 11.6 Å². The molecule has 20 heavy (non-hydrogen) atoms. The van der Waals surface area contributed by atoms with Gasteiger partial charge in [-0.25, -0.2) is 0 Å². The Morgan fingerprint density at radius 1 is 1.40 bits per heavy atom. The zero-order valence-corrected chi connectivity index (χ0v) is 10.7. The zero-order chi connectivity index (χ0) is 14.7. The number of halogens is 1. The molecule has 0 saturated heterocycles. The lowest BCUT2D eigenvalue weighted by atomic mass is 10.2. The third-order valence-electron chi connectivity index (χ3n) is 2.41. The lowest BCUT2D eigenvalue weighted by Gasteiger charge is -2.07. The lowest BCUT2D eigenvalue weighted by molar-refractivity contribution is -0.384. The molecule has 0 spiro atoms. The molecule has 1 aromatic carbocycles. The number of hydrogen-bond acceptors (Lipinski definition) is 5. The number of pyridine rings is 1. The highest BCUT2D eigenvalue weighted by Crippen LogP contribution is 2.33. The Morgan fingerprint density at radius 2 is 2.15 bits per heavy atom. The van der Waals surface area contributed by atoms with Crippen LogP contribution in [0, 0.1) is 10.1 Å². The molecule has 2 aromatic rings. The van der Waals surface area contributed by atoms with Crippen LogP contribution in [0.3, 0.4) is 0 Å². The highest BCUT2D eigenvalue weighted by atomic mass is 35.5. The molecule has 8 heteroatoms. The van der Waals surface area contributed by atoms with Gasteiger partial charge in [-0.3, -0.25) is 19.9 Å². The standard InChI is InChI=1S/C12H8ClN3O4/c13-7-4-5-14-8(6-7)12(18)15-11-9(16(19)20)2-1-3-10(11)17/h1-6,17H,(H,15,18). The molecule has 0 atom stereocenters. The number of phenols is 1. The molecule has 2 N–H and O–H groups in total. The molecule has 0 saturated carbocycles. The molecule has 0 aliphatic rings. The van der Waals surface area contributed by atoms with E-state index in [0.29, 0.717) is 5.02 Å². The van der Waals surface area contributed by atoms with Crippen molar-refractivity contribution < 1.29 is 14.8 Å². The van der Waals surface area contributed by atoms with Crippen molar-refractivity contribution in [3.8, 4) is 5.75 Å². The van der Waals surface area contributed by atoms with Crippen molar-refractivity contribution in [1.29, 1.82) is 0 Å². The SMILES string of the molecule is O=C(Nc1c(O)cccc1[N+](=O)[O-])c1cc(Cl)ccn1. The van der Waals surface area contributed by atoms with Crippen molar-refractivity contribution in [2.45, 2.75) is 0 Å². The van der Waals surface area contributed by atoms with Gasteiger partial charge in [0, 0.05) is 17.3 Å². The summed E-state index contributed by atoms with van der Waals surface area (Å²) in [4.78, 5) is 25.9. The molecule has 0 bridgehead atoms. The van der Waals surface area contributed by atoms with Gasteiger partial charge in [0.05, 0.1) is 4.92 Å². The summed E-state index contributed by atoms with van der Waals surface area (Å²) in [7, 11) is 0. The average Bonchev–Trinajstić information content (AvgIpc) is 2.40. The number of nitro groups is 1. The van der Waals surface area contributed by atoms with Crippen LogP contribution in [0.2, 0.25) is 5.02 Å². The van der Waals surface area contributed by atoms with Crippen molar-refractivity contribution in [1.82, 2.24) is 4.98 Å². The predicted octanol–water partition coefficient (Wildman–Crippen LogP) is 2.60. The van der Waals surface area contributed by atoms with Gasteiger partial charge >= 0.3 is 0 Å². The van der Waals surface area contributed by atoms with Crippen molar-refractivity contribution in [3.63, 3.8) is 0 Å². The number of nitrogens with one attached hydrogen (secondary N) is 1. The Balaban J connectivity index is 2.35. The molecule has 1 amide bonds. The number of hydrogen-bond donors (Lipinski definition) is 2. The summed E-state index contributed by atoms with van der Waals surface area (Å²) in [5, 5.41) is 23.0. The van der Waals surface area contributed by atoms with E-state index in [0.717, 1.165) is 0 Å². The number of rotatable bonds is 3. The summed E-state index contributed by atoms with van der Waals surface area (Å²) in [5.41, 5.74) is -0.722. The summed E-state index contributed by atoms with van der Waals surface area (Å²) < 4.78 is 0. The Labute approximate surface area is 118 Å². The molecular weight excluding hydrogens is 286 g/mol. The molecule has 1 heterocycles. The largest absolute Gasteiger partial charge is 0.505 e. The number of carbonyl (C=O) groups excluding carboxylic acids is 1. The van der Waals surface area contributed by atoms with E-state index < -0.39 is 22.3 Å². The molecule has 0 unspecified atom stereocenters. The molecule has 7 nitrogen and oxygen atoms in total. The first-order valence-electron chi connectivity index (χ1n) is 5.38. The van der Waals surface area contributed by atoms with Gasteiger partial charge < -0.3 is 10.4 Å². The summed E-state index contributed by atoms with van der Waals surface area (Å²) in [6.45, 7) is 0. The van der Waals surface area contributed by atoms with E-state index in [9.17, 15) is 20.0 Å². The van der Waals surface area contributed by atoms with Crippen molar-refractivity contribution in [2.24, 2.45) is 0 Å². The normalized spacial score (nSPS) is 10.1. The quantitative estimate of drug-likeness (QED) is 0.514. The van der Waals surface area contributed by atoms with Gasteiger partial charge in [0.15, 0.2) is 5.69 Å². The maximum absolute atomic E-state index is 11.9. The minimum atomic E-state index is -0.711. The van der Waals surface area contributed by atoms with Gasteiger partial charge in [-0.2, -0.15) is 0 Å². The van der Waals surface area contributed by atoms with E-state index in [-0.39, 0.29) is 11.4 Å². The van der Waals surface area contributed by atoms with Crippen LogP contribution in [0.15, 0.2) is 36.5 Å². The Morgan fingerprint density at radius 3 is 2.80 bits per heavy atom. The number of carbonyl (C=O) groups is 1. The van der Waals surface area contributed by atoms with Crippen LogP contribution in [-0.2, 0) is 0 Å². The number of nitro benzene ring substituents is 1. The minimum absolute atomic E-state index is 0.0185. The third kappa shape index (κ3) is 2.83. The molecule has 0 radical (unpaired) electrons. The number of nitrogens with zero attached hydrogens (tertiary/aromatic N) is 2. The van der Waals surface area contributed by atoms with Crippen LogP contribution in [-0.4, -0.2) is 20.9 Å². The van der Waals surface area contributed by atoms with Crippen molar-refractivity contribution >= 4 is 28.9 Å². The van der Waals surface area contributed by atoms with Gasteiger partial charge in [0.2, 0.25) is 0 Å². The molecule has 102 valence electrons. The third-order valence-corrected chi connectivity index (χ3v) is 2.65. The van der Waals surface area contributed by atoms with Gasteiger partial charge in [-0.05, 0) is 18.2 Å². The van der Waals surface area contributed by atoms with Crippen LogP contribution < -0.4 is 5.32 Å². The Hall–Kier alpha value is -2.67. The summed E-state index contributed by atoms with van der Waals surface area (Å²) in [6, 6.07) is 6.50. The van der Waals surface area contributed by atoms with Gasteiger partial charge in [-0.1, -0.05) is 17.7 Å². The summed E-state index contributed by atoms with van der Waals surface area (Å²) >= 11 is 5.73. The Bertz CT molecular complexity index is 690. The minimum Gasteiger partial charge on any atom is -0.505 e. The molecule has 0 aliphatic heterocycles. The maximum atomic E-state index is 11.9. The van der Waals surface area contributed by atoms with E-state index in [1.54, 1.807) is 0 Å². The second kappa shape index (κ2) is 5.54. The van der Waals surface area contributed by atoms with Crippen LogP contribution in [0.4, 0.5) is 11.4 Å². The smallest absolute Gasteiger partial charge is 0.296 e. The lowest BCUT2D eigenvalue weighted by Crippen LogP contribution is -2.14. The van der Waals surface area contributed by atoms with Gasteiger partial charge in [0.1, 0.15) is 11.4 Å². The van der Waals surface area contributed by atoms with Crippen LogP contribution in [0.25, 0.3) is 0 Å². The first-order valence-corrected chi connectivity index (χ1v) is 5.76. The van der Waals surface area contributed by atoms with Crippen molar-refractivity contribution in [2.75, 3.05) is 5.32 Å². The number of anilines is 1. The van der Waals surface area contributed by atoms with Crippen LogP contribution in [0.1, 0.15) is 10.5 Å². The fraction of sp³-hybridized carbons (Fsp3) is 0. The second-order valence-corrected chi connectivity index (χ2v) is 4.18. The number of aromatic nitrogens is 1. The van der Waals surface area contributed by atoms with E-state index in [1.807, 2.05) is 0 Å². The van der Waals surface area contributed by atoms with Gasteiger partial charge in [-0.15, -0.1) is 0 Å². The number of amides is 1. The zero-order valence-electron chi connectivity index (χ0n) is 9.91. The van der Waals surface area contributed by atoms with Crippen LogP contribution in [0.5, 0.6) is 5.75 Å². The second-order valence-electron chi connectivity index (χ2n) is 3.74. The highest BCUT2D eigenvalue weighted by molar-refractivity contribution is 6.31. The predicted molar refractivity (Wildman–Crippen MR) is 72.0 cm³/mol. The number of benzene rings is 1. The number of aromatic hydroxyl groups is 1. The summed E-state index contributed by atoms with van der Waals surface area (Å²) in [5.74, 6) is -1.12. The van der Waals surface area contributed by atoms with E-state index in [1.165, 1.54) is 36.5 Å². The van der Waals surface area contributed by atoms with E-state index in [4.69, 9.17) is 11.6 Å². The van der Waals surface area contributed by atoms with Crippen LogP contribution >= 0.6 is 11.6 Å². The molecule has 1 aromatic heterocycles. The van der Waals surface area contributed by atoms with E-state index >= 15 is 0 Å². The monoisotopic (exact) mass is 293 g/mol. The number of para-hydroxylation sites is 1. The Kier molecular flexibility index (Phi) is 3.81. The average molecular weight is 294 g/mol. The fourth-order valence-electron chi connectivity index (χ4n) is 1.52. The summed E-state index contributed by atoms with van der Waals surface area (Å²) in [6.07, 6.45) is 1.33. The first kappa shape index (κ1) is 13.8. The molecule has 0 fully saturated rings.